The van der Waals surface area contributed by atoms with Crippen LogP contribution in [0.1, 0.15) is 55.2 Å². The fourth-order valence-corrected chi connectivity index (χ4v) is 3.83. The van der Waals surface area contributed by atoms with Crippen molar-refractivity contribution >= 4 is 16.8 Å². The Morgan fingerprint density at radius 3 is 2.96 bits per heavy atom. The summed E-state index contributed by atoms with van der Waals surface area (Å²) in [6, 6.07) is 5.99. The number of amides is 1. The van der Waals surface area contributed by atoms with Crippen LogP contribution in [-0.4, -0.2) is 28.6 Å². The van der Waals surface area contributed by atoms with Crippen molar-refractivity contribution in [3.05, 3.63) is 35.0 Å². The van der Waals surface area contributed by atoms with Crippen molar-refractivity contribution in [3.63, 3.8) is 0 Å². The van der Waals surface area contributed by atoms with Gasteiger partial charge in [-0.25, -0.2) is 0 Å². The Kier molecular flexibility index (Phi) is 4.95. The van der Waals surface area contributed by atoms with Gasteiger partial charge in [0.2, 0.25) is 0 Å². The Morgan fingerprint density at radius 2 is 2.21 bits per heavy atom. The second kappa shape index (κ2) is 6.98. The first kappa shape index (κ1) is 17.0. The molecule has 3 rings (SSSR count). The summed E-state index contributed by atoms with van der Waals surface area (Å²) in [4.78, 5) is 16.1. The third-order valence-corrected chi connectivity index (χ3v) is 5.07. The van der Waals surface area contributed by atoms with Gasteiger partial charge >= 0.3 is 0 Å². The van der Waals surface area contributed by atoms with Crippen LogP contribution in [0.4, 0.5) is 0 Å². The predicted octanol–water partition coefficient (Wildman–Crippen LogP) is 3.43. The molecule has 3 unspecified atom stereocenters. The zero-order valence-corrected chi connectivity index (χ0v) is 14.9. The molecule has 1 aromatic carbocycles. The number of aromatic nitrogens is 1. The number of H-pyrrole nitrogens is 1. The zero-order valence-electron chi connectivity index (χ0n) is 14.9. The number of aliphatic hydroxyl groups is 1. The van der Waals surface area contributed by atoms with Crippen LogP contribution in [0.15, 0.2) is 18.2 Å². The van der Waals surface area contributed by atoms with Crippen LogP contribution < -0.4 is 5.32 Å². The van der Waals surface area contributed by atoms with Crippen molar-refractivity contribution in [2.75, 3.05) is 6.54 Å². The lowest BCUT2D eigenvalue weighted by Crippen LogP contribution is -2.29. The summed E-state index contributed by atoms with van der Waals surface area (Å²) < 4.78 is 0. The van der Waals surface area contributed by atoms with Crippen molar-refractivity contribution in [1.82, 2.24) is 10.3 Å². The molecule has 0 saturated heterocycles. The smallest absolute Gasteiger partial charge is 0.253 e. The van der Waals surface area contributed by atoms with Gasteiger partial charge in [-0.2, -0.15) is 0 Å². The first-order valence-corrected chi connectivity index (χ1v) is 9.04. The van der Waals surface area contributed by atoms with Crippen LogP contribution in [0.2, 0.25) is 0 Å². The molecule has 3 N–H and O–H groups in total. The van der Waals surface area contributed by atoms with E-state index >= 15 is 0 Å². The van der Waals surface area contributed by atoms with Crippen molar-refractivity contribution < 1.29 is 9.90 Å². The Balaban J connectivity index is 1.81. The van der Waals surface area contributed by atoms with Gasteiger partial charge in [-0.15, -0.1) is 0 Å². The van der Waals surface area contributed by atoms with Gasteiger partial charge in [0.05, 0.1) is 17.2 Å². The van der Waals surface area contributed by atoms with Gasteiger partial charge in [-0.05, 0) is 56.1 Å². The lowest BCUT2D eigenvalue weighted by molar-refractivity contribution is 0.0941. The molecular formula is C20H28N2O2. The summed E-state index contributed by atoms with van der Waals surface area (Å²) in [6.07, 6.45) is 3.72. The monoisotopic (exact) mass is 328 g/mol. The average molecular weight is 328 g/mol. The van der Waals surface area contributed by atoms with Crippen LogP contribution in [0.25, 0.3) is 10.9 Å². The third kappa shape index (κ3) is 3.48. The molecule has 0 saturated carbocycles. The molecule has 0 aliphatic heterocycles. The minimum Gasteiger partial charge on any atom is -0.393 e. The summed E-state index contributed by atoms with van der Waals surface area (Å²) in [5, 5.41) is 13.7. The van der Waals surface area contributed by atoms with Gasteiger partial charge < -0.3 is 15.4 Å². The summed E-state index contributed by atoms with van der Waals surface area (Å²) in [7, 11) is 0. The molecule has 0 radical (unpaired) electrons. The van der Waals surface area contributed by atoms with Gasteiger partial charge in [-0.1, -0.05) is 26.0 Å². The summed E-state index contributed by atoms with van der Waals surface area (Å²) in [5.41, 5.74) is 4.38. The van der Waals surface area contributed by atoms with Gasteiger partial charge in [0.15, 0.2) is 0 Å². The molecule has 130 valence electrons. The number of hydrogen-bond acceptors (Lipinski definition) is 2. The Labute approximate surface area is 143 Å². The van der Waals surface area contributed by atoms with Crippen molar-refractivity contribution in [1.29, 1.82) is 0 Å². The number of aryl methyl sites for hydroxylation is 1. The van der Waals surface area contributed by atoms with E-state index in [-0.39, 0.29) is 17.9 Å². The summed E-state index contributed by atoms with van der Waals surface area (Å²) in [5.74, 6) is 0.922. The predicted molar refractivity (Wildman–Crippen MR) is 97.3 cm³/mol. The highest BCUT2D eigenvalue weighted by molar-refractivity contribution is 6.06. The molecule has 1 heterocycles. The van der Waals surface area contributed by atoms with E-state index in [2.05, 4.69) is 23.3 Å². The van der Waals surface area contributed by atoms with Crippen LogP contribution in [0.5, 0.6) is 0 Å². The topological polar surface area (TPSA) is 65.1 Å². The maximum Gasteiger partial charge on any atom is 0.253 e. The van der Waals surface area contributed by atoms with E-state index in [1.807, 2.05) is 19.1 Å². The van der Waals surface area contributed by atoms with Crippen molar-refractivity contribution in [2.45, 2.75) is 52.6 Å². The maximum atomic E-state index is 12.6. The minimum absolute atomic E-state index is 0.0373. The normalized spacial score (nSPS) is 19.8. The SMILES string of the molecule is CC(O)CC(C)CNC(=O)c1cccc2c3c([nH]c12)CCC(C)C3. The fraction of sp³-hybridized carbons (Fsp3) is 0.550. The third-order valence-electron chi connectivity index (χ3n) is 5.07. The molecule has 0 spiro atoms. The zero-order chi connectivity index (χ0) is 17.3. The Morgan fingerprint density at radius 1 is 1.42 bits per heavy atom. The van der Waals surface area contributed by atoms with Gasteiger partial charge in [0.1, 0.15) is 0 Å². The number of carbonyl (C=O) groups excluding carboxylic acids is 1. The van der Waals surface area contributed by atoms with Crippen molar-refractivity contribution in [2.24, 2.45) is 11.8 Å². The summed E-state index contributed by atoms with van der Waals surface area (Å²) in [6.45, 7) is 6.70. The molecule has 4 heteroatoms. The number of aromatic amines is 1. The molecule has 3 atom stereocenters. The second-order valence-corrected chi connectivity index (χ2v) is 7.56. The summed E-state index contributed by atoms with van der Waals surface area (Å²) >= 11 is 0. The standard InChI is InChI=1S/C20H28N2O2/c1-12-7-8-18-17(10-12)15-5-4-6-16(19(15)22-18)20(24)21-11-13(2)9-14(3)23/h4-6,12-14,22-23H,7-11H2,1-3H3,(H,21,24). The number of carbonyl (C=O) groups is 1. The van der Waals surface area contributed by atoms with Crippen LogP contribution >= 0.6 is 0 Å². The Bertz CT molecular complexity index is 733. The van der Waals surface area contributed by atoms with Crippen LogP contribution in [-0.2, 0) is 12.8 Å². The largest absolute Gasteiger partial charge is 0.393 e. The highest BCUT2D eigenvalue weighted by atomic mass is 16.3. The minimum atomic E-state index is -0.336. The van der Waals surface area contributed by atoms with Crippen LogP contribution in [0, 0.1) is 11.8 Å². The lowest BCUT2D eigenvalue weighted by Gasteiger charge is -2.17. The highest BCUT2D eigenvalue weighted by Gasteiger charge is 2.22. The van der Waals surface area contributed by atoms with Crippen LogP contribution in [0.3, 0.4) is 0 Å². The molecule has 0 bridgehead atoms. The fourth-order valence-electron chi connectivity index (χ4n) is 3.83. The van der Waals surface area contributed by atoms with E-state index in [1.165, 1.54) is 23.1 Å². The number of benzene rings is 1. The molecule has 1 amide bonds. The molecule has 1 aliphatic rings. The first-order valence-electron chi connectivity index (χ1n) is 9.04. The number of rotatable bonds is 5. The Hall–Kier alpha value is -1.81. The number of para-hydroxylation sites is 1. The van der Waals surface area contributed by atoms with Gasteiger partial charge in [0.25, 0.3) is 5.91 Å². The number of aliphatic hydroxyl groups excluding tert-OH is 1. The van der Waals surface area contributed by atoms with E-state index < -0.39 is 0 Å². The molecule has 1 aliphatic carbocycles. The highest BCUT2D eigenvalue weighted by Crippen LogP contribution is 2.32. The second-order valence-electron chi connectivity index (χ2n) is 7.56. The molecule has 2 aromatic rings. The molecule has 1 aromatic heterocycles. The van der Waals surface area contributed by atoms with Gasteiger partial charge in [-0.3, -0.25) is 4.79 Å². The van der Waals surface area contributed by atoms with E-state index in [0.29, 0.717) is 18.9 Å². The van der Waals surface area contributed by atoms with Gasteiger partial charge in [0, 0.05) is 17.6 Å². The van der Waals surface area contributed by atoms with E-state index in [1.54, 1.807) is 6.92 Å². The van der Waals surface area contributed by atoms with E-state index in [0.717, 1.165) is 23.9 Å². The molecule has 4 nitrogen and oxygen atoms in total. The quantitative estimate of drug-likeness (QED) is 0.787. The average Bonchev–Trinajstić information content (AvgIpc) is 2.90. The number of hydrogen-bond donors (Lipinski definition) is 3. The number of fused-ring (bicyclic) bond motifs is 3. The maximum absolute atomic E-state index is 12.6. The van der Waals surface area contributed by atoms with E-state index in [9.17, 15) is 9.90 Å². The first-order chi connectivity index (χ1) is 11.5. The van der Waals surface area contributed by atoms with Crippen molar-refractivity contribution in [3.8, 4) is 0 Å². The number of nitrogens with one attached hydrogen (secondary N) is 2. The molecular weight excluding hydrogens is 300 g/mol. The lowest BCUT2D eigenvalue weighted by atomic mass is 9.87. The molecule has 24 heavy (non-hydrogen) atoms. The molecule has 0 fully saturated rings. The van der Waals surface area contributed by atoms with E-state index in [4.69, 9.17) is 0 Å².